The summed E-state index contributed by atoms with van der Waals surface area (Å²) in [5.74, 6) is 0. The van der Waals surface area contributed by atoms with Crippen LogP contribution in [0.4, 0.5) is 0 Å². The van der Waals surface area contributed by atoms with Gasteiger partial charge in [0, 0.05) is 19.5 Å². The summed E-state index contributed by atoms with van der Waals surface area (Å²) in [6.45, 7) is -0.216. The molecule has 0 rings (SSSR count). The zero-order valence-corrected chi connectivity index (χ0v) is 9.77. The van der Waals surface area contributed by atoms with Crippen LogP contribution in [0.1, 0.15) is 6.42 Å². The molecular formula is C10H20N2O5. The number of likely N-dealkylation sites (N-methyl/N-ethyl adjacent to an activating group) is 1. The minimum Gasteiger partial charge on any atom is -0.394 e. The summed E-state index contributed by atoms with van der Waals surface area (Å²) in [6.07, 6.45) is -5.64. The van der Waals surface area contributed by atoms with Crippen molar-refractivity contribution < 1.29 is 25.5 Å². The molecule has 0 aliphatic carbocycles. The number of nitriles is 1. The Kier molecular flexibility index (Phi) is 7.99. The Morgan fingerprint density at radius 2 is 1.65 bits per heavy atom. The third-order valence-electron chi connectivity index (χ3n) is 2.43. The van der Waals surface area contributed by atoms with E-state index in [-0.39, 0.29) is 6.54 Å². The highest BCUT2D eigenvalue weighted by Gasteiger charge is 2.30. The fourth-order valence-electron chi connectivity index (χ4n) is 1.32. The summed E-state index contributed by atoms with van der Waals surface area (Å²) in [5, 5.41) is 54.5. The lowest BCUT2D eigenvalue weighted by Crippen LogP contribution is -2.49. The zero-order chi connectivity index (χ0) is 13.4. The standard InChI is InChI=1S/C10H20N2O5/c1-12(4-2-3-11)5-7(14)9(16)10(17)8(15)6-13/h7-10,13-17H,2,4-6H2,1H3/t7-,8+,9+,10+/m0/s1. The number of rotatable bonds is 8. The Morgan fingerprint density at radius 3 is 2.12 bits per heavy atom. The molecule has 100 valence electrons. The van der Waals surface area contributed by atoms with Crippen LogP contribution in [-0.4, -0.2) is 81.6 Å². The summed E-state index contributed by atoms with van der Waals surface area (Å²) in [7, 11) is 1.65. The first-order valence-electron chi connectivity index (χ1n) is 5.32. The van der Waals surface area contributed by atoms with Gasteiger partial charge in [-0.3, -0.25) is 0 Å². The Hall–Kier alpha value is -0.750. The molecule has 0 aromatic rings. The lowest BCUT2D eigenvalue weighted by molar-refractivity contribution is -0.118. The van der Waals surface area contributed by atoms with Gasteiger partial charge in [-0.05, 0) is 7.05 Å². The van der Waals surface area contributed by atoms with Crippen molar-refractivity contribution in [3.63, 3.8) is 0 Å². The lowest BCUT2D eigenvalue weighted by atomic mass is 10.0. The van der Waals surface area contributed by atoms with Crippen LogP contribution in [-0.2, 0) is 0 Å². The number of nitrogens with zero attached hydrogens (tertiary/aromatic N) is 2. The molecule has 0 fully saturated rings. The maximum absolute atomic E-state index is 9.57. The van der Waals surface area contributed by atoms with E-state index < -0.39 is 31.0 Å². The van der Waals surface area contributed by atoms with Crippen LogP contribution in [0.2, 0.25) is 0 Å². The van der Waals surface area contributed by atoms with Crippen molar-refractivity contribution in [1.29, 1.82) is 5.26 Å². The van der Waals surface area contributed by atoms with Gasteiger partial charge in [-0.2, -0.15) is 5.26 Å². The number of hydrogen-bond acceptors (Lipinski definition) is 7. The van der Waals surface area contributed by atoms with Crippen LogP contribution in [0.3, 0.4) is 0 Å². The maximum atomic E-state index is 9.57. The van der Waals surface area contributed by atoms with Gasteiger partial charge in [0.25, 0.3) is 0 Å². The minimum atomic E-state index is -1.61. The second-order valence-electron chi connectivity index (χ2n) is 3.97. The van der Waals surface area contributed by atoms with Crippen molar-refractivity contribution >= 4 is 0 Å². The van der Waals surface area contributed by atoms with E-state index in [0.29, 0.717) is 13.0 Å². The molecule has 0 aromatic heterocycles. The second kappa shape index (κ2) is 8.36. The molecule has 0 saturated carbocycles. The van der Waals surface area contributed by atoms with Crippen LogP contribution in [0.15, 0.2) is 0 Å². The summed E-state index contributed by atoms with van der Waals surface area (Å²) in [4.78, 5) is 1.62. The summed E-state index contributed by atoms with van der Waals surface area (Å²) in [6, 6.07) is 1.94. The van der Waals surface area contributed by atoms with Gasteiger partial charge in [0.1, 0.15) is 18.3 Å². The first-order valence-corrected chi connectivity index (χ1v) is 5.32. The first-order chi connectivity index (χ1) is 7.93. The van der Waals surface area contributed by atoms with Crippen LogP contribution < -0.4 is 0 Å². The molecule has 7 nitrogen and oxygen atoms in total. The lowest BCUT2D eigenvalue weighted by Gasteiger charge is -2.28. The van der Waals surface area contributed by atoms with E-state index in [9.17, 15) is 15.3 Å². The SMILES string of the molecule is CN(CCC#N)C[C@H](O)[C@@H](O)[C@H](O)[C@H](O)CO. The van der Waals surface area contributed by atoms with Gasteiger partial charge in [0.05, 0.1) is 18.8 Å². The van der Waals surface area contributed by atoms with Gasteiger partial charge in [0.15, 0.2) is 0 Å². The predicted octanol–water partition coefficient (Wildman–Crippen LogP) is -2.73. The van der Waals surface area contributed by atoms with Crippen LogP contribution in [0.5, 0.6) is 0 Å². The first kappa shape index (κ1) is 16.2. The molecule has 0 radical (unpaired) electrons. The fraction of sp³-hybridized carbons (Fsp3) is 0.900. The van der Waals surface area contributed by atoms with E-state index in [1.807, 2.05) is 6.07 Å². The van der Waals surface area contributed by atoms with Gasteiger partial charge in [-0.25, -0.2) is 0 Å². The summed E-state index contributed by atoms with van der Waals surface area (Å²) in [5.41, 5.74) is 0. The van der Waals surface area contributed by atoms with E-state index in [1.165, 1.54) is 0 Å². The summed E-state index contributed by atoms with van der Waals surface area (Å²) >= 11 is 0. The molecule has 5 N–H and O–H groups in total. The van der Waals surface area contributed by atoms with E-state index in [4.69, 9.17) is 15.5 Å². The molecule has 0 amide bonds. The van der Waals surface area contributed by atoms with E-state index in [1.54, 1.807) is 11.9 Å². The molecule has 17 heavy (non-hydrogen) atoms. The van der Waals surface area contributed by atoms with Gasteiger partial charge in [-0.15, -0.1) is 0 Å². The maximum Gasteiger partial charge on any atom is 0.111 e. The molecule has 0 saturated heterocycles. The monoisotopic (exact) mass is 248 g/mol. The van der Waals surface area contributed by atoms with Gasteiger partial charge < -0.3 is 30.4 Å². The molecule has 0 bridgehead atoms. The Labute approximate surface area is 100 Å². The normalized spacial score (nSPS) is 18.5. The van der Waals surface area contributed by atoms with E-state index in [0.717, 1.165) is 0 Å². The predicted molar refractivity (Wildman–Crippen MR) is 58.8 cm³/mol. The Balaban J connectivity index is 4.12. The van der Waals surface area contributed by atoms with Crippen molar-refractivity contribution in [2.24, 2.45) is 0 Å². The zero-order valence-electron chi connectivity index (χ0n) is 9.77. The second-order valence-corrected chi connectivity index (χ2v) is 3.97. The molecule has 4 atom stereocenters. The van der Waals surface area contributed by atoms with Crippen LogP contribution >= 0.6 is 0 Å². The molecule has 0 unspecified atom stereocenters. The molecule has 0 spiro atoms. The Morgan fingerprint density at radius 1 is 1.12 bits per heavy atom. The highest BCUT2D eigenvalue weighted by molar-refractivity contribution is 4.82. The van der Waals surface area contributed by atoms with Gasteiger partial charge in [0.2, 0.25) is 0 Å². The average Bonchev–Trinajstić information content (AvgIpc) is 2.33. The summed E-state index contributed by atoms with van der Waals surface area (Å²) < 4.78 is 0. The van der Waals surface area contributed by atoms with E-state index >= 15 is 0 Å². The molecule has 7 heteroatoms. The third-order valence-corrected chi connectivity index (χ3v) is 2.43. The number of aliphatic hydroxyl groups is 5. The molecule has 0 aliphatic heterocycles. The molecule has 0 aliphatic rings. The van der Waals surface area contributed by atoms with Crippen molar-refractivity contribution in [1.82, 2.24) is 4.90 Å². The molecule has 0 heterocycles. The fourth-order valence-corrected chi connectivity index (χ4v) is 1.32. The topological polar surface area (TPSA) is 128 Å². The smallest absolute Gasteiger partial charge is 0.111 e. The third kappa shape index (κ3) is 5.93. The molecule has 0 aromatic carbocycles. The number of aliphatic hydroxyl groups excluding tert-OH is 5. The number of hydrogen-bond donors (Lipinski definition) is 5. The van der Waals surface area contributed by atoms with Crippen molar-refractivity contribution in [2.45, 2.75) is 30.8 Å². The van der Waals surface area contributed by atoms with Crippen LogP contribution in [0, 0.1) is 11.3 Å². The van der Waals surface area contributed by atoms with Gasteiger partial charge >= 0.3 is 0 Å². The molecular weight excluding hydrogens is 228 g/mol. The highest BCUT2D eigenvalue weighted by Crippen LogP contribution is 2.06. The largest absolute Gasteiger partial charge is 0.394 e. The van der Waals surface area contributed by atoms with Crippen molar-refractivity contribution in [3.05, 3.63) is 0 Å². The van der Waals surface area contributed by atoms with E-state index in [2.05, 4.69) is 0 Å². The highest BCUT2D eigenvalue weighted by atomic mass is 16.4. The van der Waals surface area contributed by atoms with Crippen molar-refractivity contribution in [2.75, 3.05) is 26.7 Å². The van der Waals surface area contributed by atoms with Gasteiger partial charge in [-0.1, -0.05) is 0 Å². The average molecular weight is 248 g/mol. The quantitative estimate of drug-likeness (QED) is 0.315. The minimum absolute atomic E-state index is 0.0536. The van der Waals surface area contributed by atoms with Crippen LogP contribution in [0.25, 0.3) is 0 Å². The Bertz CT molecular complexity index is 245. The van der Waals surface area contributed by atoms with Crippen molar-refractivity contribution in [3.8, 4) is 6.07 Å².